The van der Waals surface area contributed by atoms with Crippen LogP contribution in [0.5, 0.6) is 0 Å². The van der Waals surface area contributed by atoms with Gasteiger partial charge in [0.25, 0.3) is 5.91 Å². The van der Waals surface area contributed by atoms with Gasteiger partial charge >= 0.3 is 0 Å². The van der Waals surface area contributed by atoms with E-state index in [1.807, 2.05) is 80.6 Å². The molecule has 0 spiro atoms. The Bertz CT molecular complexity index is 960. The van der Waals surface area contributed by atoms with Gasteiger partial charge < -0.3 is 10.2 Å². The quantitative estimate of drug-likeness (QED) is 0.696. The van der Waals surface area contributed by atoms with Gasteiger partial charge in [-0.15, -0.1) is 0 Å². The molecule has 1 N–H and O–H groups in total. The summed E-state index contributed by atoms with van der Waals surface area (Å²) < 4.78 is 0. The molecule has 138 valence electrons. The predicted octanol–water partition coefficient (Wildman–Crippen LogP) is 4.64. The topological polar surface area (TPSA) is 49.4 Å². The highest BCUT2D eigenvalue weighted by atomic mass is 16.2. The van der Waals surface area contributed by atoms with Crippen LogP contribution in [0.1, 0.15) is 29.3 Å². The molecule has 3 rings (SSSR count). The lowest BCUT2D eigenvalue weighted by molar-refractivity contribution is -0.116. The van der Waals surface area contributed by atoms with Crippen molar-refractivity contribution in [3.8, 4) is 0 Å². The number of nitrogens with one attached hydrogen (secondary N) is 1. The summed E-state index contributed by atoms with van der Waals surface area (Å²) in [6.07, 6.45) is 0.786. The molecule has 0 atom stereocenters. The molecule has 4 nitrogen and oxygen atoms in total. The minimum absolute atomic E-state index is 0.0320. The molecule has 27 heavy (non-hydrogen) atoms. The lowest BCUT2D eigenvalue weighted by Gasteiger charge is -2.22. The molecule has 4 heteroatoms. The van der Waals surface area contributed by atoms with E-state index < -0.39 is 0 Å². The SMILES string of the molecule is CCCN(CC(=O)Nc1ccccc1C)C(=O)c1cccc2ccccc12. The lowest BCUT2D eigenvalue weighted by atomic mass is 10.0. The van der Waals surface area contributed by atoms with E-state index in [1.54, 1.807) is 4.90 Å². The van der Waals surface area contributed by atoms with E-state index in [2.05, 4.69) is 5.32 Å². The number of hydrogen-bond donors (Lipinski definition) is 1. The molecule has 0 aliphatic rings. The standard InChI is InChI=1S/C23H24N2O2/c1-3-15-25(16-22(26)24-21-14-7-4-9-17(21)2)23(27)20-13-8-11-18-10-5-6-12-19(18)20/h4-14H,3,15-16H2,1-2H3,(H,24,26). The normalized spacial score (nSPS) is 10.6. The maximum Gasteiger partial charge on any atom is 0.254 e. The number of carbonyl (C=O) groups is 2. The van der Waals surface area contributed by atoms with Gasteiger partial charge in [-0.25, -0.2) is 0 Å². The number of carbonyl (C=O) groups excluding carboxylic acids is 2. The number of amides is 2. The number of anilines is 1. The molecule has 0 unspecified atom stereocenters. The van der Waals surface area contributed by atoms with E-state index >= 15 is 0 Å². The van der Waals surface area contributed by atoms with Crippen LogP contribution in [0, 0.1) is 6.92 Å². The van der Waals surface area contributed by atoms with Crippen molar-refractivity contribution in [3.63, 3.8) is 0 Å². The molecular formula is C23H24N2O2. The summed E-state index contributed by atoms with van der Waals surface area (Å²) in [6, 6.07) is 21.1. The predicted molar refractivity (Wildman–Crippen MR) is 110 cm³/mol. The van der Waals surface area contributed by atoms with Crippen LogP contribution in [-0.2, 0) is 4.79 Å². The molecule has 0 fully saturated rings. The highest BCUT2D eigenvalue weighted by molar-refractivity contribution is 6.08. The Morgan fingerprint density at radius 2 is 1.63 bits per heavy atom. The molecule has 0 aromatic heterocycles. The van der Waals surface area contributed by atoms with Crippen molar-refractivity contribution in [2.75, 3.05) is 18.4 Å². The fourth-order valence-corrected chi connectivity index (χ4v) is 3.18. The van der Waals surface area contributed by atoms with Gasteiger partial charge in [-0.1, -0.05) is 61.5 Å². The van der Waals surface area contributed by atoms with Crippen LogP contribution >= 0.6 is 0 Å². The van der Waals surface area contributed by atoms with E-state index in [0.717, 1.165) is 28.4 Å². The Labute approximate surface area is 159 Å². The van der Waals surface area contributed by atoms with Crippen molar-refractivity contribution >= 4 is 28.3 Å². The van der Waals surface area contributed by atoms with Crippen molar-refractivity contribution in [2.24, 2.45) is 0 Å². The van der Waals surface area contributed by atoms with Gasteiger partial charge in [-0.2, -0.15) is 0 Å². The van der Waals surface area contributed by atoms with Crippen LogP contribution in [0.3, 0.4) is 0 Å². The van der Waals surface area contributed by atoms with Crippen LogP contribution in [-0.4, -0.2) is 29.8 Å². The number of aryl methyl sites for hydroxylation is 1. The zero-order chi connectivity index (χ0) is 19.2. The van der Waals surface area contributed by atoms with Gasteiger partial charge in [0.05, 0.1) is 0 Å². The summed E-state index contributed by atoms with van der Waals surface area (Å²) in [5, 5.41) is 4.84. The molecule has 0 bridgehead atoms. The van der Waals surface area contributed by atoms with E-state index in [4.69, 9.17) is 0 Å². The summed E-state index contributed by atoms with van der Waals surface area (Å²) in [5.74, 6) is -0.306. The molecule has 2 amide bonds. The molecule has 3 aromatic carbocycles. The Hall–Kier alpha value is -3.14. The minimum Gasteiger partial charge on any atom is -0.329 e. The average molecular weight is 360 g/mol. The Kier molecular flexibility index (Phi) is 5.87. The van der Waals surface area contributed by atoms with Gasteiger partial charge in [-0.05, 0) is 41.8 Å². The number of fused-ring (bicyclic) bond motifs is 1. The molecule has 0 aliphatic heterocycles. The van der Waals surface area contributed by atoms with Crippen molar-refractivity contribution in [1.82, 2.24) is 4.90 Å². The summed E-state index contributed by atoms with van der Waals surface area (Å²) >= 11 is 0. The lowest BCUT2D eigenvalue weighted by Crippen LogP contribution is -2.38. The highest BCUT2D eigenvalue weighted by Gasteiger charge is 2.20. The van der Waals surface area contributed by atoms with Crippen LogP contribution < -0.4 is 5.32 Å². The first-order chi connectivity index (χ1) is 13.1. The second kappa shape index (κ2) is 8.49. The van der Waals surface area contributed by atoms with Gasteiger partial charge in [0.1, 0.15) is 6.54 Å². The molecule has 3 aromatic rings. The molecule has 0 radical (unpaired) electrons. The number of hydrogen-bond acceptors (Lipinski definition) is 2. The van der Waals surface area contributed by atoms with E-state index in [-0.39, 0.29) is 18.4 Å². The summed E-state index contributed by atoms with van der Waals surface area (Å²) in [5.41, 5.74) is 2.40. The zero-order valence-electron chi connectivity index (χ0n) is 15.7. The monoisotopic (exact) mass is 360 g/mol. The minimum atomic E-state index is -0.189. The molecule has 0 saturated heterocycles. The van der Waals surface area contributed by atoms with Crippen molar-refractivity contribution in [1.29, 1.82) is 0 Å². The van der Waals surface area contributed by atoms with Crippen molar-refractivity contribution in [3.05, 3.63) is 77.9 Å². The second-order valence-electron chi connectivity index (χ2n) is 6.62. The first-order valence-electron chi connectivity index (χ1n) is 9.22. The third-order valence-electron chi connectivity index (χ3n) is 4.55. The highest BCUT2D eigenvalue weighted by Crippen LogP contribution is 2.20. The first-order valence-corrected chi connectivity index (χ1v) is 9.22. The Balaban J connectivity index is 1.81. The van der Waals surface area contributed by atoms with Crippen LogP contribution in [0.15, 0.2) is 66.7 Å². The zero-order valence-corrected chi connectivity index (χ0v) is 15.7. The Morgan fingerprint density at radius 1 is 0.926 bits per heavy atom. The fourth-order valence-electron chi connectivity index (χ4n) is 3.18. The molecular weight excluding hydrogens is 336 g/mol. The maximum atomic E-state index is 13.1. The summed E-state index contributed by atoms with van der Waals surface area (Å²) in [7, 11) is 0. The Morgan fingerprint density at radius 3 is 2.41 bits per heavy atom. The van der Waals surface area contributed by atoms with Gasteiger partial charge in [-0.3, -0.25) is 9.59 Å². The average Bonchev–Trinajstić information content (AvgIpc) is 2.68. The smallest absolute Gasteiger partial charge is 0.254 e. The summed E-state index contributed by atoms with van der Waals surface area (Å²) in [4.78, 5) is 27.3. The number of rotatable bonds is 6. The third-order valence-corrected chi connectivity index (χ3v) is 4.55. The van der Waals surface area contributed by atoms with Gasteiger partial charge in [0, 0.05) is 17.8 Å². The van der Waals surface area contributed by atoms with Crippen LogP contribution in [0.25, 0.3) is 10.8 Å². The first kappa shape index (κ1) is 18.6. The molecule has 0 aliphatic carbocycles. The molecule has 0 saturated carbocycles. The van der Waals surface area contributed by atoms with E-state index in [9.17, 15) is 9.59 Å². The van der Waals surface area contributed by atoms with Crippen molar-refractivity contribution < 1.29 is 9.59 Å². The third kappa shape index (κ3) is 4.34. The van der Waals surface area contributed by atoms with Crippen LogP contribution in [0.2, 0.25) is 0 Å². The van der Waals surface area contributed by atoms with Gasteiger partial charge in [0.2, 0.25) is 5.91 Å². The largest absolute Gasteiger partial charge is 0.329 e. The van der Waals surface area contributed by atoms with Crippen LogP contribution in [0.4, 0.5) is 5.69 Å². The van der Waals surface area contributed by atoms with E-state index in [0.29, 0.717) is 12.1 Å². The second-order valence-corrected chi connectivity index (χ2v) is 6.62. The number of para-hydroxylation sites is 1. The maximum absolute atomic E-state index is 13.1. The number of nitrogens with zero attached hydrogens (tertiary/aromatic N) is 1. The fraction of sp³-hybridized carbons (Fsp3) is 0.217. The number of benzene rings is 3. The molecule has 0 heterocycles. The van der Waals surface area contributed by atoms with E-state index in [1.165, 1.54) is 0 Å². The van der Waals surface area contributed by atoms with Crippen molar-refractivity contribution in [2.45, 2.75) is 20.3 Å². The summed E-state index contributed by atoms with van der Waals surface area (Å²) in [6.45, 7) is 4.51. The van der Waals surface area contributed by atoms with Gasteiger partial charge in [0.15, 0.2) is 0 Å².